The molecule has 6 heteroatoms. The first-order valence-corrected chi connectivity index (χ1v) is 8.04. The molecule has 0 saturated carbocycles. The van der Waals surface area contributed by atoms with E-state index in [1.54, 1.807) is 21.1 Å². The second-order valence-electron chi connectivity index (χ2n) is 5.86. The van der Waals surface area contributed by atoms with Gasteiger partial charge in [-0.2, -0.15) is 4.31 Å². The summed E-state index contributed by atoms with van der Waals surface area (Å²) in [7, 11) is -3.43. The summed E-state index contributed by atoms with van der Waals surface area (Å²) in [6.07, 6.45) is 2.50. The van der Waals surface area contributed by atoms with Crippen LogP contribution in [0.5, 0.6) is 0 Å². The Kier molecular flexibility index (Phi) is 3.77. The highest BCUT2D eigenvalue weighted by atomic mass is 32.2. The molecule has 0 amide bonds. The molecule has 1 aromatic rings. The molecule has 1 aliphatic rings. The summed E-state index contributed by atoms with van der Waals surface area (Å²) in [6.45, 7) is 7.72. The fourth-order valence-corrected chi connectivity index (χ4v) is 4.20. The van der Waals surface area contributed by atoms with Gasteiger partial charge in [0.05, 0.1) is 6.61 Å². The van der Waals surface area contributed by atoms with Gasteiger partial charge in [-0.25, -0.2) is 8.42 Å². The molecule has 1 fully saturated rings. The summed E-state index contributed by atoms with van der Waals surface area (Å²) >= 11 is 0. The Morgan fingerprint density at radius 1 is 1.42 bits per heavy atom. The molecular weight excluding hydrogens is 264 g/mol. The second kappa shape index (κ2) is 4.92. The molecule has 2 rings (SSSR count). The first-order valence-electron chi connectivity index (χ1n) is 6.60. The summed E-state index contributed by atoms with van der Waals surface area (Å²) in [5, 5.41) is 9.25. The first kappa shape index (κ1) is 14.6. The molecule has 1 aromatic heterocycles. The molecule has 1 N–H and O–H groups in total. The highest BCUT2D eigenvalue weighted by molar-refractivity contribution is 7.89. The van der Waals surface area contributed by atoms with Crippen LogP contribution in [0.15, 0.2) is 17.2 Å². The number of sulfonamides is 1. The molecule has 2 heterocycles. The lowest BCUT2D eigenvalue weighted by Crippen LogP contribution is -2.30. The SMILES string of the molecule is CCn1cc(S(=O)(=O)N2CCC(C)(C)C2)cc1CO. The zero-order valence-corrected chi connectivity index (χ0v) is 12.6. The molecule has 5 nitrogen and oxygen atoms in total. The molecule has 108 valence electrons. The van der Waals surface area contributed by atoms with Crippen molar-refractivity contribution in [1.82, 2.24) is 8.87 Å². The van der Waals surface area contributed by atoms with Crippen molar-refractivity contribution < 1.29 is 13.5 Å². The average Bonchev–Trinajstić information content (AvgIpc) is 2.92. The van der Waals surface area contributed by atoms with Gasteiger partial charge in [0.2, 0.25) is 10.0 Å². The topological polar surface area (TPSA) is 62.5 Å². The van der Waals surface area contributed by atoms with Gasteiger partial charge in [0.25, 0.3) is 0 Å². The molecule has 0 aromatic carbocycles. The quantitative estimate of drug-likeness (QED) is 0.910. The van der Waals surface area contributed by atoms with Gasteiger partial charge >= 0.3 is 0 Å². The van der Waals surface area contributed by atoms with Crippen LogP contribution in [0.4, 0.5) is 0 Å². The molecule has 0 unspecified atom stereocenters. The predicted octanol–water partition coefficient (Wildman–Crippen LogP) is 1.42. The van der Waals surface area contributed by atoms with Crippen molar-refractivity contribution in [2.75, 3.05) is 13.1 Å². The van der Waals surface area contributed by atoms with Crippen LogP contribution < -0.4 is 0 Å². The number of hydrogen-bond acceptors (Lipinski definition) is 3. The van der Waals surface area contributed by atoms with Crippen molar-refractivity contribution in [3.8, 4) is 0 Å². The van der Waals surface area contributed by atoms with Crippen molar-refractivity contribution in [2.24, 2.45) is 5.41 Å². The van der Waals surface area contributed by atoms with E-state index in [0.29, 0.717) is 25.3 Å². The minimum absolute atomic E-state index is 0.0419. The highest BCUT2D eigenvalue weighted by Crippen LogP contribution is 2.33. The van der Waals surface area contributed by atoms with Gasteiger partial charge < -0.3 is 9.67 Å². The molecular formula is C13H22N2O3S. The number of aliphatic hydroxyl groups excluding tert-OH is 1. The van der Waals surface area contributed by atoms with Gasteiger partial charge in [0.1, 0.15) is 4.90 Å². The van der Waals surface area contributed by atoms with Gasteiger partial charge in [-0.3, -0.25) is 0 Å². The minimum Gasteiger partial charge on any atom is -0.390 e. The van der Waals surface area contributed by atoms with E-state index < -0.39 is 10.0 Å². The van der Waals surface area contributed by atoms with E-state index in [0.717, 1.165) is 6.42 Å². The molecule has 0 atom stereocenters. The van der Waals surface area contributed by atoms with Crippen molar-refractivity contribution in [3.05, 3.63) is 18.0 Å². The van der Waals surface area contributed by atoms with Crippen LogP contribution in [0.2, 0.25) is 0 Å². The standard InChI is InChI=1S/C13H22N2O3S/c1-4-14-8-12(7-11(14)9-16)19(17,18)15-6-5-13(2,3)10-15/h7-8,16H,4-6,9-10H2,1-3H3. The van der Waals surface area contributed by atoms with Crippen molar-refractivity contribution in [1.29, 1.82) is 0 Å². The summed E-state index contributed by atoms with van der Waals surface area (Å²) < 4.78 is 28.4. The number of rotatable bonds is 4. The summed E-state index contributed by atoms with van der Waals surface area (Å²) in [5.41, 5.74) is 0.680. The van der Waals surface area contributed by atoms with Crippen LogP contribution in [0.1, 0.15) is 32.9 Å². The van der Waals surface area contributed by atoms with E-state index in [1.165, 1.54) is 0 Å². The van der Waals surface area contributed by atoms with Crippen LogP contribution in [-0.2, 0) is 23.2 Å². The maximum Gasteiger partial charge on any atom is 0.244 e. The van der Waals surface area contributed by atoms with E-state index in [1.807, 2.05) is 6.92 Å². The molecule has 19 heavy (non-hydrogen) atoms. The Labute approximate surface area is 114 Å². The fraction of sp³-hybridized carbons (Fsp3) is 0.692. The van der Waals surface area contributed by atoms with E-state index in [4.69, 9.17) is 0 Å². The minimum atomic E-state index is -3.43. The van der Waals surface area contributed by atoms with Gasteiger partial charge in [0.15, 0.2) is 0 Å². The molecule has 0 bridgehead atoms. The van der Waals surface area contributed by atoms with Crippen LogP contribution in [0.3, 0.4) is 0 Å². The summed E-state index contributed by atoms with van der Waals surface area (Å²) in [5.74, 6) is 0. The Balaban J connectivity index is 2.32. The Morgan fingerprint density at radius 2 is 2.11 bits per heavy atom. The lowest BCUT2D eigenvalue weighted by atomic mass is 9.93. The molecule has 0 spiro atoms. The van der Waals surface area contributed by atoms with Gasteiger partial charge in [0, 0.05) is 31.5 Å². The smallest absolute Gasteiger partial charge is 0.244 e. The monoisotopic (exact) mass is 286 g/mol. The van der Waals surface area contributed by atoms with Crippen LogP contribution >= 0.6 is 0 Å². The predicted molar refractivity (Wildman–Crippen MR) is 73.2 cm³/mol. The van der Waals surface area contributed by atoms with E-state index in [2.05, 4.69) is 13.8 Å². The maximum absolute atomic E-state index is 12.6. The lowest BCUT2D eigenvalue weighted by molar-refractivity contribution is 0.271. The fourth-order valence-electron chi connectivity index (χ4n) is 2.51. The maximum atomic E-state index is 12.6. The van der Waals surface area contributed by atoms with E-state index >= 15 is 0 Å². The van der Waals surface area contributed by atoms with Gasteiger partial charge in [-0.05, 0) is 24.8 Å². The van der Waals surface area contributed by atoms with Crippen molar-refractivity contribution >= 4 is 10.0 Å². The molecule has 1 aliphatic heterocycles. The molecule has 1 saturated heterocycles. The average molecular weight is 286 g/mol. The highest BCUT2D eigenvalue weighted by Gasteiger charge is 2.37. The third kappa shape index (κ3) is 2.70. The van der Waals surface area contributed by atoms with Crippen LogP contribution in [0, 0.1) is 5.41 Å². The summed E-state index contributed by atoms with van der Waals surface area (Å²) in [6, 6.07) is 1.57. The Morgan fingerprint density at radius 3 is 2.53 bits per heavy atom. The summed E-state index contributed by atoms with van der Waals surface area (Å²) in [4.78, 5) is 0.288. The third-order valence-corrected chi connectivity index (χ3v) is 5.55. The van der Waals surface area contributed by atoms with Gasteiger partial charge in [-0.15, -0.1) is 0 Å². The molecule has 0 aliphatic carbocycles. The zero-order valence-electron chi connectivity index (χ0n) is 11.8. The Bertz CT molecular complexity index is 539. The van der Waals surface area contributed by atoms with Crippen molar-refractivity contribution in [3.63, 3.8) is 0 Å². The second-order valence-corrected chi connectivity index (χ2v) is 7.80. The van der Waals surface area contributed by atoms with Gasteiger partial charge in [-0.1, -0.05) is 13.8 Å². The number of nitrogens with zero attached hydrogens (tertiary/aromatic N) is 2. The van der Waals surface area contributed by atoms with Crippen LogP contribution in [-0.4, -0.2) is 35.5 Å². The largest absolute Gasteiger partial charge is 0.390 e. The van der Waals surface area contributed by atoms with Crippen LogP contribution in [0.25, 0.3) is 0 Å². The number of aryl methyl sites for hydroxylation is 1. The number of aliphatic hydroxyl groups is 1. The zero-order chi connectivity index (χ0) is 14.3. The van der Waals surface area contributed by atoms with E-state index in [-0.39, 0.29) is 16.9 Å². The Hall–Kier alpha value is -0.850. The number of hydrogen-bond donors (Lipinski definition) is 1. The molecule has 0 radical (unpaired) electrons. The third-order valence-electron chi connectivity index (χ3n) is 3.74. The number of aromatic nitrogens is 1. The first-order chi connectivity index (χ1) is 8.80. The van der Waals surface area contributed by atoms with E-state index in [9.17, 15) is 13.5 Å². The lowest BCUT2D eigenvalue weighted by Gasteiger charge is -2.19. The normalized spacial score (nSPS) is 20.0. The van der Waals surface area contributed by atoms with Crippen molar-refractivity contribution in [2.45, 2.75) is 45.2 Å².